The molecule has 0 aliphatic carbocycles. The first-order valence-corrected chi connectivity index (χ1v) is 12.3. The largest absolute Gasteiger partial charge is 0.503 e. The molecule has 6 nitrogen and oxygen atoms in total. The number of carbonyl (C=O) groups excluding carboxylic acids is 2. The standard InChI is InChI=1S/C29H24N2O4S/c1-17-10-7-8-15-23(17)31-25(20-11-9-14-22(16-20)35-21-12-5-4-6-13-21)24(27(33)29(31)34)26(32)28-18(2)30-19(3)36-28/h4-16,25,33H,1-3H3. The van der Waals surface area contributed by atoms with Gasteiger partial charge in [-0.1, -0.05) is 48.5 Å². The Hall–Kier alpha value is -4.23. The first-order chi connectivity index (χ1) is 17.3. The highest BCUT2D eigenvalue weighted by molar-refractivity contribution is 7.14. The van der Waals surface area contributed by atoms with Gasteiger partial charge in [0.25, 0.3) is 5.91 Å². The summed E-state index contributed by atoms with van der Waals surface area (Å²) in [4.78, 5) is 33.6. The van der Waals surface area contributed by atoms with E-state index in [1.54, 1.807) is 13.0 Å². The number of benzene rings is 3. The van der Waals surface area contributed by atoms with Crippen LogP contribution in [0.3, 0.4) is 0 Å². The molecule has 1 unspecified atom stereocenters. The van der Waals surface area contributed by atoms with Crippen molar-refractivity contribution in [2.24, 2.45) is 0 Å². The quantitative estimate of drug-likeness (QED) is 0.303. The number of para-hydroxylation sites is 2. The monoisotopic (exact) mass is 496 g/mol. The van der Waals surface area contributed by atoms with Crippen molar-refractivity contribution < 1.29 is 19.4 Å². The fourth-order valence-electron chi connectivity index (χ4n) is 4.47. The second-order valence-electron chi connectivity index (χ2n) is 8.59. The maximum Gasteiger partial charge on any atom is 0.294 e. The number of thiazole rings is 1. The third-order valence-electron chi connectivity index (χ3n) is 6.09. The molecular formula is C29H24N2O4S. The maximum atomic E-state index is 13.8. The van der Waals surface area contributed by atoms with E-state index in [2.05, 4.69) is 4.98 Å². The first kappa shape index (κ1) is 23.5. The number of aromatic nitrogens is 1. The van der Waals surface area contributed by atoms with Crippen LogP contribution in [0.4, 0.5) is 5.69 Å². The van der Waals surface area contributed by atoms with E-state index in [4.69, 9.17) is 4.74 Å². The number of amides is 1. The van der Waals surface area contributed by atoms with E-state index >= 15 is 0 Å². The molecule has 1 aromatic heterocycles. The van der Waals surface area contributed by atoms with E-state index in [1.807, 2.05) is 86.6 Å². The lowest BCUT2D eigenvalue weighted by Gasteiger charge is -2.28. The van der Waals surface area contributed by atoms with Gasteiger partial charge in [0.1, 0.15) is 11.5 Å². The van der Waals surface area contributed by atoms with Crippen LogP contribution < -0.4 is 9.64 Å². The average molecular weight is 497 g/mol. The van der Waals surface area contributed by atoms with Gasteiger partial charge in [0.2, 0.25) is 5.78 Å². The minimum atomic E-state index is -0.841. The van der Waals surface area contributed by atoms with E-state index in [1.165, 1.54) is 16.2 Å². The zero-order valence-corrected chi connectivity index (χ0v) is 20.9. The average Bonchev–Trinajstić information content (AvgIpc) is 3.35. The van der Waals surface area contributed by atoms with Crippen molar-refractivity contribution in [1.82, 2.24) is 4.98 Å². The third-order valence-corrected chi connectivity index (χ3v) is 7.16. The van der Waals surface area contributed by atoms with Gasteiger partial charge in [-0.25, -0.2) is 4.98 Å². The fourth-order valence-corrected chi connectivity index (χ4v) is 5.35. The first-order valence-electron chi connectivity index (χ1n) is 11.5. The number of aliphatic hydroxyl groups excluding tert-OH is 1. The second-order valence-corrected chi connectivity index (χ2v) is 9.79. The molecule has 0 fully saturated rings. The summed E-state index contributed by atoms with van der Waals surface area (Å²) in [5, 5.41) is 11.8. The van der Waals surface area contributed by atoms with Crippen molar-refractivity contribution in [3.8, 4) is 11.5 Å². The van der Waals surface area contributed by atoms with Crippen LogP contribution in [0.5, 0.6) is 11.5 Å². The van der Waals surface area contributed by atoms with Crippen molar-refractivity contribution >= 4 is 28.7 Å². The molecule has 1 amide bonds. The van der Waals surface area contributed by atoms with Gasteiger partial charge < -0.3 is 9.84 Å². The van der Waals surface area contributed by atoms with Crippen LogP contribution in [-0.2, 0) is 4.79 Å². The molecule has 1 aliphatic rings. The zero-order valence-electron chi connectivity index (χ0n) is 20.1. The van der Waals surface area contributed by atoms with Gasteiger partial charge in [0, 0.05) is 5.69 Å². The van der Waals surface area contributed by atoms with Crippen LogP contribution in [0, 0.1) is 20.8 Å². The van der Waals surface area contributed by atoms with Crippen molar-refractivity contribution in [3.05, 3.63) is 117 Å². The normalized spacial score (nSPS) is 15.5. The van der Waals surface area contributed by atoms with Gasteiger partial charge in [-0.2, -0.15) is 0 Å². The van der Waals surface area contributed by atoms with Crippen molar-refractivity contribution in [1.29, 1.82) is 0 Å². The Balaban J connectivity index is 1.65. The number of nitrogens with zero attached hydrogens (tertiary/aromatic N) is 2. The molecule has 0 spiro atoms. The predicted octanol–water partition coefficient (Wildman–Crippen LogP) is 6.64. The Morgan fingerprint density at radius 1 is 0.944 bits per heavy atom. The number of hydrogen-bond donors (Lipinski definition) is 1. The van der Waals surface area contributed by atoms with Crippen molar-refractivity contribution in [2.75, 3.05) is 4.90 Å². The lowest BCUT2D eigenvalue weighted by molar-refractivity contribution is -0.117. The second kappa shape index (κ2) is 9.43. The number of ketones is 1. The van der Waals surface area contributed by atoms with Crippen LogP contribution in [0.2, 0.25) is 0 Å². The van der Waals surface area contributed by atoms with Crippen LogP contribution in [0.15, 0.2) is 90.2 Å². The number of anilines is 1. The van der Waals surface area contributed by atoms with Crippen LogP contribution in [-0.4, -0.2) is 21.8 Å². The smallest absolute Gasteiger partial charge is 0.294 e. The number of hydrogen-bond acceptors (Lipinski definition) is 6. The maximum absolute atomic E-state index is 13.8. The highest BCUT2D eigenvalue weighted by Gasteiger charge is 2.45. The number of aryl methyl sites for hydroxylation is 3. The van der Waals surface area contributed by atoms with Gasteiger partial charge in [-0.3, -0.25) is 14.5 Å². The Kier molecular flexibility index (Phi) is 6.16. The molecule has 0 saturated heterocycles. The van der Waals surface area contributed by atoms with Gasteiger partial charge in [0.15, 0.2) is 5.76 Å². The molecule has 7 heteroatoms. The lowest BCUT2D eigenvalue weighted by Crippen LogP contribution is -2.31. The summed E-state index contributed by atoms with van der Waals surface area (Å²) >= 11 is 1.25. The molecule has 4 aromatic rings. The molecule has 5 rings (SSSR count). The number of Topliss-reactive ketones (excluding diaryl/α,β-unsaturated/α-hetero) is 1. The molecule has 0 bridgehead atoms. The minimum absolute atomic E-state index is 0.0341. The molecule has 2 heterocycles. The minimum Gasteiger partial charge on any atom is -0.503 e. The Morgan fingerprint density at radius 3 is 2.33 bits per heavy atom. The summed E-state index contributed by atoms with van der Waals surface area (Å²) in [6.07, 6.45) is 0. The van der Waals surface area contributed by atoms with Gasteiger partial charge in [-0.15, -0.1) is 11.3 Å². The zero-order chi connectivity index (χ0) is 25.4. The Morgan fingerprint density at radius 2 is 1.64 bits per heavy atom. The molecule has 0 radical (unpaired) electrons. The molecule has 1 aliphatic heterocycles. The SMILES string of the molecule is Cc1nc(C)c(C(=O)C2=C(O)C(=O)N(c3ccccc3C)C2c2cccc(Oc3ccccc3)c2)s1. The highest BCUT2D eigenvalue weighted by Crippen LogP contribution is 2.44. The predicted molar refractivity (Wildman–Crippen MR) is 140 cm³/mol. The highest BCUT2D eigenvalue weighted by atomic mass is 32.1. The third kappa shape index (κ3) is 4.18. The number of ether oxygens (including phenoxy) is 1. The van der Waals surface area contributed by atoms with Gasteiger partial charge in [-0.05, 0) is 62.2 Å². The van der Waals surface area contributed by atoms with Gasteiger partial charge in [0.05, 0.1) is 27.2 Å². The fraction of sp³-hybridized carbons (Fsp3) is 0.138. The number of rotatable bonds is 6. The van der Waals surface area contributed by atoms with Crippen LogP contribution in [0.1, 0.15) is 37.5 Å². The molecule has 36 heavy (non-hydrogen) atoms. The van der Waals surface area contributed by atoms with E-state index < -0.39 is 23.5 Å². The van der Waals surface area contributed by atoms with Crippen LogP contribution in [0.25, 0.3) is 0 Å². The summed E-state index contributed by atoms with van der Waals surface area (Å²) < 4.78 is 6.02. The number of aliphatic hydroxyl groups is 1. The van der Waals surface area contributed by atoms with E-state index in [-0.39, 0.29) is 5.57 Å². The van der Waals surface area contributed by atoms with E-state index in [0.717, 1.165) is 10.6 Å². The molecule has 1 atom stereocenters. The Labute approximate surface area is 213 Å². The Bertz CT molecular complexity index is 1510. The van der Waals surface area contributed by atoms with E-state index in [0.29, 0.717) is 33.3 Å². The molecule has 0 saturated carbocycles. The number of carbonyl (C=O) groups is 2. The molecular weight excluding hydrogens is 472 g/mol. The summed E-state index contributed by atoms with van der Waals surface area (Å²) in [5.74, 6) is -0.351. The lowest BCUT2D eigenvalue weighted by atomic mass is 9.94. The van der Waals surface area contributed by atoms with Crippen LogP contribution >= 0.6 is 11.3 Å². The summed E-state index contributed by atoms with van der Waals surface area (Å²) in [7, 11) is 0. The summed E-state index contributed by atoms with van der Waals surface area (Å²) in [6.45, 7) is 5.47. The molecule has 1 N–H and O–H groups in total. The molecule has 180 valence electrons. The summed E-state index contributed by atoms with van der Waals surface area (Å²) in [6, 6.07) is 23.2. The molecule has 3 aromatic carbocycles. The summed E-state index contributed by atoms with van der Waals surface area (Å²) in [5.41, 5.74) is 2.72. The van der Waals surface area contributed by atoms with E-state index in [9.17, 15) is 14.7 Å². The van der Waals surface area contributed by atoms with Crippen molar-refractivity contribution in [2.45, 2.75) is 26.8 Å². The topological polar surface area (TPSA) is 79.7 Å². The van der Waals surface area contributed by atoms with Crippen molar-refractivity contribution in [3.63, 3.8) is 0 Å². The van der Waals surface area contributed by atoms with Gasteiger partial charge >= 0.3 is 0 Å².